The highest BCUT2D eigenvalue weighted by atomic mass is 79.9. The molecule has 0 aliphatic carbocycles. The third-order valence-electron chi connectivity index (χ3n) is 2.69. The van der Waals surface area contributed by atoms with Crippen molar-refractivity contribution in [3.8, 4) is 0 Å². The van der Waals surface area contributed by atoms with Crippen LogP contribution in [0.2, 0.25) is 0 Å². The molecule has 0 radical (unpaired) electrons. The van der Waals surface area contributed by atoms with E-state index in [4.69, 9.17) is 0 Å². The molecule has 90 valence electrons. The molecule has 0 aliphatic rings. The van der Waals surface area contributed by atoms with Gasteiger partial charge in [0.15, 0.2) is 0 Å². The SMILES string of the molecule is Cc1c(C(C)(C)O)cc(Br)cc1C(C)(C)O. The van der Waals surface area contributed by atoms with E-state index in [0.29, 0.717) is 0 Å². The Morgan fingerprint density at radius 1 is 0.938 bits per heavy atom. The van der Waals surface area contributed by atoms with Gasteiger partial charge in [0.25, 0.3) is 0 Å². The average molecular weight is 287 g/mol. The van der Waals surface area contributed by atoms with Crippen LogP contribution in [0.4, 0.5) is 0 Å². The summed E-state index contributed by atoms with van der Waals surface area (Å²) in [5.41, 5.74) is 0.781. The molecule has 1 aromatic rings. The number of halogens is 1. The van der Waals surface area contributed by atoms with Crippen molar-refractivity contribution in [2.45, 2.75) is 45.8 Å². The van der Waals surface area contributed by atoms with E-state index < -0.39 is 11.2 Å². The number of rotatable bonds is 2. The maximum absolute atomic E-state index is 10.1. The highest BCUT2D eigenvalue weighted by Crippen LogP contribution is 2.34. The van der Waals surface area contributed by atoms with E-state index >= 15 is 0 Å². The van der Waals surface area contributed by atoms with Crippen LogP contribution in [0.15, 0.2) is 16.6 Å². The van der Waals surface area contributed by atoms with Gasteiger partial charge in [0.1, 0.15) is 0 Å². The lowest BCUT2D eigenvalue weighted by atomic mass is 9.85. The van der Waals surface area contributed by atoms with Crippen LogP contribution in [0.1, 0.15) is 44.4 Å². The smallest absolute Gasteiger partial charge is 0.0843 e. The van der Waals surface area contributed by atoms with Crippen molar-refractivity contribution in [3.05, 3.63) is 33.3 Å². The predicted molar refractivity (Wildman–Crippen MR) is 69.4 cm³/mol. The van der Waals surface area contributed by atoms with Gasteiger partial charge in [-0.3, -0.25) is 0 Å². The molecule has 1 aromatic carbocycles. The number of aliphatic hydroxyl groups is 2. The van der Waals surface area contributed by atoms with Crippen molar-refractivity contribution in [2.75, 3.05) is 0 Å². The Morgan fingerprint density at radius 3 is 1.50 bits per heavy atom. The Hall–Kier alpha value is -0.380. The molecule has 2 nitrogen and oxygen atoms in total. The van der Waals surface area contributed by atoms with Crippen molar-refractivity contribution in [3.63, 3.8) is 0 Å². The van der Waals surface area contributed by atoms with E-state index in [1.165, 1.54) is 0 Å². The van der Waals surface area contributed by atoms with Crippen LogP contribution < -0.4 is 0 Å². The molecule has 0 atom stereocenters. The quantitative estimate of drug-likeness (QED) is 0.877. The van der Waals surface area contributed by atoms with Crippen molar-refractivity contribution in [2.24, 2.45) is 0 Å². The van der Waals surface area contributed by atoms with Gasteiger partial charge in [-0.1, -0.05) is 15.9 Å². The summed E-state index contributed by atoms with van der Waals surface area (Å²) in [7, 11) is 0. The lowest BCUT2D eigenvalue weighted by Gasteiger charge is -2.27. The molecule has 0 heterocycles. The van der Waals surface area contributed by atoms with Crippen molar-refractivity contribution in [1.29, 1.82) is 0 Å². The molecule has 0 amide bonds. The number of hydrogen-bond donors (Lipinski definition) is 2. The minimum atomic E-state index is -0.909. The Labute approximate surface area is 105 Å². The summed E-state index contributed by atoms with van der Waals surface area (Å²) >= 11 is 3.41. The van der Waals surface area contributed by atoms with E-state index in [-0.39, 0.29) is 0 Å². The molecule has 3 heteroatoms. The van der Waals surface area contributed by atoms with E-state index in [1.54, 1.807) is 27.7 Å². The molecular formula is C13H19BrO2. The van der Waals surface area contributed by atoms with E-state index in [2.05, 4.69) is 15.9 Å². The Morgan fingerprint density at radius 2 is 1.25 bits per heavy atom. The van der Waals surface area contributed by atoms with Crippen LogP contribution in [0.3, 0.4) is 0 Å². The van der Waals surface area contributed by atoms with E-state index in [0.717, 1.165) is 21.2 Å². The normalized spacial score (nSPS) is 13.0. The molecule has 0 aromatic heterocycles. The van der Waals surface area contributed by atoms with Crippen LogP contribution in [0, 0.1) is 6.92 Å². The first-order valence-electron chi connectivity index (χ1n) is 5.29. The largest absolute Gasteiger partial charge is 0.386 e. The summed E-state index contributed by atoms with van der Waals surface area (Å²) in [6, 6.07) is 3.79. The molecule has 0 saturated carbocycles. The van der Waals surface area contributed by atoms with Crippen molar-refractivity contribution < 1.29 is 10.2 Å². The lowest BCUT2D eigenvalue weighted by molar-refractivity contribution is 0.0703. The molecule has 0 fully saturated rings. The van der Waals surface area contributed by atoms with Crippen LogP contribution >= 0.6 is 15.9 Å². The summed E-state index contributed by atoms with van der Waals surface area (Å²) < 4.78 is 0.868. The summed E-state index contributed by atoms with van der Waals surface area (Å²) in [6.45, 7) is 8.91. The van der Waals surface area contributed by atoms with Gasteiger partial charge in [0, 0.05) is 4.47 Å². The summed E-state index contributed by atoms with van der Waals surface area (Å²) in [6.07, 6.45) is 0. The molecule has 16 heavy (non-hydrogen) atoms. The van der Waals surface area contributed by atoms with E-state index in [1.807, 2.05) is 19.1 Å². The van der Waals surface area contributed by atoms with Gasteiger partial charge >= 0.3 is 0 Å². The van der Waals surface area contributed by atoms with Crippen LogP contribution in [-0.4, -0.2) is 10.2 Å². The molecule has 0 aliphatic heterocycles. The fourth-order valence-corrected chi connectivity index (χ4v) is 2.41. The Bertz CT molecular complexity index is 362. The topological polar surface area (TPSA) is 40.5 Å². The summed E-state index contributed by atoms with van der Waals surface area (Å²) in [5, 5.41) is 20.2. The highest BCUT2D eigenvalue weighted by Gasteiger charge is 2.26. The predicted octanol–water partition coefficient (Wildman–Crippen LogP) is 3.21. The van der Waals surface area contributed by atoms with Gasteiger partial charge in [-0.2, -0.15) is 0 Å². The zero-order chi connectivity index (χ0) is 12.7. The van der Waals surface area contributed by atoms with Crippen molar-refractivity contribution in [1.82, 2.24) is 0 Å². The fraction of sp³-hybridized carbons (Fsp3) is 0.538. The first kappa shape index (κ1) is 13.7. The molecule has 0 spiro atoms. The Kier molecular flexibility index (Phi) is 3.53. The standard InChI is InChI=1S/C13H19BrO2/c1-8-10(12(2,3)15)6-9(14)7-11(8)13(4,5)16/h6-7,15-16H,1-5H3. The van der Waals surface area contributed by atoms with Crippen molar-refractivity contribution >= 4 is 15.9 Å². The van der Waals surface area contributed by atoms with E-state index in [9.17, 15) is 10.2 Å². The first-order chi connectivity index (χ1) is 7.03. The van der Waals surface area contributed by atoms with Crippen LogP contribution in [0.25, 0.3) is 0 Å². The number of benzene rings is 1. The molecular weight excluding hydrogens is 268 g/mol. The monoisotopic (exact) mass is 286 g/mol. The highest BCUT2D eigenvalue weighted by molar-refractivity contribution is 9.10. The molecule has 0 unspecified atom stereocenters. The van der Waals surface area contributed by atoms with Crippen LogP contribution in [-0.2, 0) is 11.2 Å². The maximum Gasteiger partial charge on any atom is 0.0843 e. The Balaban J connectivity index is 3.51. The van der Waals surface area contributed by atoms with Gasteiger partial charge in [-0.15, -0.1) is 0 Å². The zero-order valence-corrected chi connectivity index (χ0v) is 12.0. The first-order valence-corrected chi connectivity index (χ1v) is 6.08. The maximum atomic E-state index is 10.1. The minimum Gasteiger partial charge on any atom is -0.386 e. The lowest BCUT2D eigenvalue weighted by Crippen LogP contribution is -2.23. The van der Waals surface area contributed by atoms with Gasteiger partial charge in [-0.25, -0.2) is 0 Å². The third-order valence-corrected chi connectivity index (χ3v) is 3.15. The van der Waals surface area contributed by atoms with Gasteiger partial charge in [0.05, 0.1) is 11.2 Å². The zero-order valence-electron chi connectivity index (χ0n) is 10.4. The molecule has 2 N–H and O–H groups in total. The second-order valence-corrected chi connectivity index (χ2v) is 6.16. The summed E-state index contributed by atoms with van der Waals surface area (Å²) in [5.74, 6) is 0. The minimum absolute atomic E-state index is 0.832. The molecule has 1 rings (SSSR count). The molecule has 0 saturated heterocycles. The van der Waals surface area contributed by atoms with Gasteiger partial charge in [0.2, 0.25) is 0 Å². The molecule has 0 bridgehead atoms. The second-order valence-electron chi connectivity index (χ2n) is 5.24. The summed E-state index contributed by atoms with van der Waals surface area (Å²) in [4.78, 5) is 0. The number of hydrogen-bond acceptors (Lipinski definition) is 2. The van der Waals surface area contributed by atoms with Crippen LogP contribution in [0.5, 0.6) is 0 Å². The second kappa shape index (κ2) is 4.13. The third kappa shape index (κ3) is 2.84. The van der Waals surface area contributed by atoms with Gasteiger partial charge < -0.3 is 10.2 Å². The van der Waals surface area contributed by atoms with Gasteiger partial charge in [-0.05, 0) is 63.4 Å². The fourth-order valence-electron chi connectivity index (χ4n) is 1.95. The average Bonchev–Trinajstić information content (AvgIpc) is 2.04.